The van der Waals surface area contributed by atoms with E-state index in [1.165, 1.54) is 0 Å². The maximum absolute atomic E-state index is 12.0. The van der Waals surface area contributed by atoms with Gasteiger partial charge in [-0.2, -0.15) is 0 Å². The summed E-state index contributed by atoms with van der Waals surface area (Å²) in [5.41, 5.74) is -0.653. The standard InChI is InChI=1S/C11H15Cl2N3O/c1-8(5-16-4-3-14-7-16)15-9(17)10(2)6-11(10,12)13/h3-4,7-8H,5-6H2,1-2H3,(H,15,17)/t8-,10+/m0/s1. The van der Waals surface area contributed by atoms with Gasteiger partial charge < -0.3 is 9.88 Å². The topological polar surface area (TPSA) is 46.9 Å². The van der Waals surface area contributed by atoms with Gasteiger partial charge in [0.2, 0.25) is 5.91 Å². The Labute approximate surface area is 110 Å². The van der Waals surface area contributed by atoms with Gasteiger partial charge in [0.15, 0.2) is 0 Å². The molecule has 1 saturated carbocycles. The highest BCUT2D eigenvalue weighted by Crippen LogP contribution is 2.63. The van der Waals surface area contributed by atoms with Crippen LogP contribution in [0.25, 0.3) is 0 Å². The predicted molar refractivity (Wildman–Crippen MR) is 67.0 cm³/mol. The molecule has 1 amide bonds. The average Bonchev–Trinajstić information content (AvgIpc) is 2.64. The van der Waals surface area contributed by atoms with Crippen molar-refractivity contribution >= 4 is 29.1 Å². The summed E-state index contributed by atoms with van der Waals surface area (Å²) in [4.78, 5) is 15.9. The molecule has 94 valence electrons. The Morgan fingerprint density at radius 2 is 2.29 bits per heavy atom. The van der Waals surface area contributed by atoms with Crippen molar-refractivity contribution in [3.8, 4) is 0 Å². The van der Waals surface area contributed by atoms with E-state index < -0.39 is 9.75 Å². The van der Waals surface area contributed by atoms with Gasteiger partial charge in [-0.05, 0) is 20.3 Å². The number of amides is 1. The Hall–Kier alpha value is -0.740. The number of imidazole rings is 1. The summed E-state index contributed by atoms with van der Waals surface area (Å²) in [6.45, 7) is 4.40. The molecule has 1 N–H and O–H groups in total. The van der Waals surface area contributed by atoms with Crippen LogP contribution < -0.4 is 5.32 Å². The van der Waals surface area contributed by atoms with Gasteiger partial charge in [0.05, 0.1) is 11.7 Å². The minimum absolute atomic E-state index is 0.0123. The molecule has 6 heteroatoms. The molecule has 1 aliphatic rings. The Balaban J connectivity index is 1.88. The molecule has 2 atom stereocenters. The van der Waals surface area contributed by atoms with Crippen molar-refractivity contribution in [2.75, 3.05) is 0 Å². The van der Waals surface area contributed by atoms with E-state index in [1.54, 1.807) is 19.4 Å². The zero-order chi connectivity index (χ0) is 12.7. The lowest BCUT2D eigenvalue weighted by atomic mass is 10.1. The maximum atomic E-state index is 12.0. The second kappa shape index (κ2) is 4.18. The first kappa shape index (κ1) is 12.7. The summed E-state index contributed by atoms with van der Waals surface area (Å²) in [6, 6.07) is 0.0123. The second-order valence-corrected chi connectivity index (χ2v) is 6.33. The van der Waals surface area contributed by atoms with Gasteiger partial charge in [-0.3, -0.25) is 4.79 Å². The highest BCUT2D eigenvalue weighted by atomic mass is 35.5. The average molecular weight is 276 g/mol. The van der Waals surface area contributed by atoms with Crippen LogP contribution in [0.5, 0.6) is 0 Å². The van der Waals surface area contributed by atoms with E-state index >= 15 is 0 Å². The first-order valence-electron chi connectivity index (χ1n) is 5.50. The van der Waals surface area contributed by atoms with Crippen molar-refractivity contribution in [2.45, 2.75) is 37.2 Å². The van der Waals surface area contributed by atoms with Gasteiger partial charge in [-0.25, -0.2) is 4.98 Å². The van der Waals surface area contributed by atoms with Gasteiger partial charge >= 0.3 is 0 Å². The Morgan fingerprint density at radius 3 is 2.76 bits per heavy atom. The highest BCUT2D eigenvalue weighted by molar-refractivity contribution is 6.53. The third-order valence-corrected chi connectivity index (χ3v) is 4.28. The van der Waals surface area contributed by atoms with Crippen molar-refractivity contribution in [2.24, 2.45) is 5.41 Å². The number of hydrogen-bond donors (Lipinski definition) is 1. The molecule has 2 rings (SSSR count). The maximum Gasteiger partial charge on any atom is 0.229 e. The van der Waals surface area contributed by atoms with Crippen molar-refractivity contribution in [3.63, 3.8) is 0 Å². The Bertz CT molecular complexity index is 418. The molecule has 4 nitrogen and oxygen atoms in total. The van der Waals surface area contributed by atoms with E-state index in [-0.39, 0.29) is 11.9 Å². The van der Waals surface area contributed by atoms with Gasteiger partial charge in [0, 0.05) is 25.0 Å². The molecule has 0 radical (unpaired) electrons. The fraction of sp³-hybridized carbons (Fsp3) is 0.636. The minimum Gasteiger partial charge on any atom is -0.351 e. The van der Waals surface area contributed by atoms with Gasteiger partial charge in [-0.1, -0.05) is 0 Å². The van der Waals surface area contributed by atoms with Gasteiger partial charge in [0.1, 0.15) is 4.33 Å². The number of carbonyl (C=O) groups excluding carboxylic acids is 1. The number of carbonyl (C=O) groups is 1. The molecule has 0 saturated heterocycles. The summed E-state index contributed by atoms with van der Waals surface area (Å²) in [7, 11) is 0. The number of hydrogen-bond acceptors (Lipinski definition) is 2. The normalized spacial score (nSPS) is 27.5. The monoisotopic (exact) mass is 275 g/mol. The number of aromatic nitrogens is 2. The summed E-state index contributed by atoms with van der Waals surface area (Å²) in [6.07, 6.45) is 5.79. The molecule has 1 fully saturated rings. The van der Waals surface area contributed by atoms with Crippen LogP contribution in [-0.4, -0.2) is 25.8 Å². The molecule has 0 spiro atoms. The van der Waals surface area contributed by atoms with E-state index in [0.717, 1.165) is 0 Å². The van der Waals surface area contributed by atoms with Gasteiger partial charge in [0.25, 0.3) is 0 Å². The molecule has 1 aromatic heterocycles. The van der Waals surface area contributed by atoms with Crippen LogP contribution in [-0.2, 0) is 11.3 Å². The van der Waals surface area contributed by atoms with Crippen molar-refractivity contribution < 1.29 is 4.79 Å². The SMILES string of the molecule is C[C@@H](Cn1ccnc1)NC(=O)[C@@]1(C)CC1(Cl)Cl. The lowest BCUT2D eigenvalue weighted by Gasteiger charge is -2.18. The zero-order valence-corrected chi connectivity index (χ0v) is 11.3. The fourth-order valence-electron chi connectivity index (χ4n) is 1.79. The van der Waals surface area contributed by atoms with E-state index in [2.05, 4.69) is 10.3 Å². The molecule has 1 heterocycles. The zero-order valence-electron chi connectivity index (χ0n) is 9.78. The number of alkyl halides is 2. The summed E-state index contributed by atoms with van der Waals surface area (Å²) in [5, 5.41) is 2.92. The molecular formula is C11H15Cl2N3O. The number of halogens is 2. The van der Waals surface area contributed by atoms with E-state index in [1.807, 2.05) is 17.7 Å². The van der Waals surface area contributed by atoms with Gasteiger partial charge in [-0.15, -0.1) is 23.2 Å². The quantitative estimate of drug-likeness (QED) is 0.855. The third-order valence-electron chi connectivity index (χ3n) is 3.18. The first-order valence-corrected chi connectivity index (χ1v) is 6.25. The molecule has 0 unspecified atom stereocenters. The van der Waals surface area contributed by atoms with Crippen LogP contribution in [0.4, 0.5) is 0 Å². The molecule has 1 aliphatic carbocycles. The fourth-order valence-corrected chi connectivity index (χ4v) is 2.49. The largest absolute Gasteiger partial charge is 0.351 e. The van der Waals surface area contributed by atoms with Crippen LogP contribution in [0, 0.1) is 5.41 Å². The minimum atomic E-state index is -0.911. The summed E-state index contributed by atoms with van der Waals surface area (Å²) < 4.78 is 1.00. The Morgan fingerprint density at radius 1 is 1.65 bits per heavy atom. The number of nitrogens with one attached hydrogen (secondary N) is 1. The van der Waals surface area contributed by atoms with Crippen LogP contribution in [0.2, 0.25) is 0 Å². The second-order valence-electron chi connectivity index (χ2n) is 4.85. The van der Waals surface area contributed by atoms with Crippen molar-refractivity contribution in [3.05, 3.63) is 18.7 Å². The lowest BCUT2D eigenvalue weighted by molar-refractivity contribution is -0.126. The van der Waals surface area contributed by atoms with Crippen molar-refractivity contribution in [1.82, 2.24) is 14.9 Å². The van der Waals surface area contributed by atoms with Crippen LogP contribution >= 0.6 is 23.2 Å². The molecule has 0 bridgehead atoms. The Kier molecular flexibility index (Phi) is 3.12. The first-order chi connectivity index (χ1) is 7.85. The highest BCUT2D eigenvalue weighted by Gasteiger charge is 2.67. The molecule has 17 heavy (non-hydrogen) atoms. The summed E-state index contributed by atoms with van der Waals surface area (Å²) in [5.74, 6) is -0.0879. The molecular weight excluding hydrogens is 261 g/mol. The van der Waals surface area contributed by atoms with Crippen molar-refractivity contribution in [1.29, 1.82) is 0 Å². The number of nitrogens with zero attached hydrogens (tertiary/aromatic N) is 2. The molecule has 0 aliphatic heterocycles. The van der Waals surface area contributed by atoms with E-state index in [9.17, 15) is 4.79 Å². The van der Waals surface area contributed by atoms with Crippen LogP contribution in [0.1, 0.15) is 20.3 Å². The smallest absolute Gasteiger partial charge is 0.229 e. The number of rotatable bonds is 4. The summed E-state index contributed by atoms with van der Waals surface area (Å²) >= 11 is 11.9. The van der Waals surface area contributed by atoms with E-state index in [0.29, 0.717) is 13.0 Å². The van der Waals surface area contributed by atoms with Crippen LogP contribution in [0.15, 0.2) is 18.7 Å². The molecule has 1 aromatic rings. The lowest BCUT2D eigenvalue weighted by Crippen LogP contribution is -2.41. The van der Waals surface area contributed by atoms with Crippen LogP contribution in [0.3, 0.4) is 0 Å². The predicted octanol–water partition coefficient (Wildman–Crippen LogP) is 1.97. The van der Waals surface area contributed by atoms with E-state index in [4.69, 9.17) is 23.2 Å². The third kappa shape index (κ3) is 2.43. The molecule has 0 aromatic carbocycles.